The first kappa shape index (κ1) is 14.9. The van der Waals surface area contributed by atoms with Crippen LogP contribution >= 0.6 is 46.7 Å². The molecule has 1 aliphatic heterocycles. The first-order chi connectivity index (χ1) is 8.59. The van der Waals surface area contributed by atoms with Crippen molar-refractivity contribution in [1.82, 2.24) is 0 Å². The third kappa shape index (κ3) is 3.51. The highest BCUT2D eigenvalue weighted by Gasteiger charge is 2.28. The Morgan fingerprint density at radius 3 is 2.50 bits per heavy atom. The second-order valence-electron chi connectivity index (χ2n) is 4.48. The lowest BCUT2D eigenvalue weighted by atomic mass is 10.0. The summed E-state index contributed by atoms with van der Waals surface area (Å²) in [6.07, 6.45) is 0.751. The van der Waals surface area contributed by atoms with Gasteiger partial charge in [0.25, 0.3) is 0 Å². The molecular formula is C13H17Cl2NS2. The second-order valence-corrected chi connectivity index (χ2v) is 8.06. The van der Waals surface area contributed by atoms with Crippen molar-refractivity contribution in [3.8, 4) is 0 Å². The average molecular weight is 322 g/mol. The molecule has 100 valence electrons. The Labute approximate surface area is 127 Å². The SMILES string of the molecule is CC1SCCSC1C(N)Cc1c(Cl)cccc1Cl. The van der Waals surface area contributed by atoms with E-state index in [1.807, 2.05) is 41.7 Å². The summed E-state index contributed by atoms with van der Waals surface area (Å²) in [5.74, 6) is 2.41. The van der Waals surface area contributed by atoms with Crippen LogP contribution < -0.4 is 5.73 Å². The quantitative estimate of drug-likeness (QED) is 0.907. The summed E-state index contributed by atoms with van der Waals surface area (Å²) < 4.78 is 0. The molecule has 1 nitrogen and oxygen atoms in total. The Morgan fingerprint density at radius 2 is 1.89 bits per heavy atom. The van der Waals surface area contributed by atoms with Gasteiger partial charge in [0.15, 0.2) is 0 Å². The molecule has 1 fully saturated rings. The zero-order chi connectivity index (χ0) is 13.1. The Hall–Kier alpha value is 0.460. The van der Waals surface area contributed by atoms with Gasteiger partial charge in [-0.2, -0.15) is 23.5 Å². The van der Waals surface area contributed by atoms with Gasteiger partial charge < -0.3 is 5.73 Å². The number of thioether (sulfide) groups is 2. The van der Waals surface area contributed by atoms with E-state index in [2.05, 4.69) is 6.92 Å². The van der Waals surface area contributed by atoms with E-state index in [0.717, 1.165) is 22.0 Å². The Bertz CT molecular complexity index is 394. The molecule has 0 radical (unpaired) electrons. The van der Waals surface area contributed by atoms with Crippen molar-refractivity contribution in [3.05, 3.63) is 33.8 Å². The van der Waals surface area contributed by atoms with Crippen LogP contribution in [0.2, 0.25) is 10.0 Å². The van der Waals surface area contributed by atoms with E-state index in [1.165, 1.54) is 11.5 Å². The maximum atomic E-state index is 6.36. The molecule has 1 aromatic carbocycles. The highest BCUT2D eigenvalue weighted by molar-refractivity contribution is 8.07. The Morgan fingerprint density at radius 1 is 1.28 bits per heavy atom. The van der Waals surface area contributed by atoms with E-state index in [9.17, 15) is 0 Å². The Kier molecular flexibility index (Phi) is 5.58. The van der Waals surface area contributed by atoms with Crippen LogP contribution in [0.15, 0.2) is 18.2 Å². The molecule has 0 bridgehead atoms. The molecule has 0 saturated carbocycles. The third-order valence-electron chi connectivity index (χ3n) is 3.16. The molecule has 1 aliphatic rings. The summed E-state index contributed by atoms with van der Waals surface area (Å²) in [4.78, 5) is 0. The van der Waals surface area contributed by atoms with Gasteiger partial charge in [-0.15, -0.1) is 0 Å². The fourth-order valence-electron chi connectivity index (χ4n) is 2.20. The first-order valence-electron chi connectivity index (χ1n) is 6.01. The van der Waals surface area contributed by atoms with Gasteiger partial charge in [-0.25, -0.2) is 0 Å². The standard InChI is InChI=1S/C13H17Cl2NS2/c1-8-13(18-6-5-17-8)12(16)7-9-10(14)3-2-4-11(9)15/h2-4,8,12-13H,5-7,16H2,1H3. The van der Waals surface area contributed by atoms with Crippen molar-refractivity contribution < 1.29 is 0 Å². The van der Waals surface area contributed by atoms with E-state index >= 15 is 0 Å². The molecule has 0 aliphatic carbocycles. The summed E-state index contributed by atoms with van der Waals surface area (Å²) in [5, 5.41) is 2.52. The molecule has 1 heterocycles. The maximum absolute atomic E-state index is 6.36. The van der Waals surface area contributed by atoms with Crippen LogP contribution in [0.4, 0.5) is 0 Å². The highest BCUT2D eigenvalue weighted by atomic mass is 35.5. The minimum Gasteiger partial charge on any atom is -0.326 e. The van der Waals surface area contributed by atoms with Gasteiger partial charge in [-0.3, -0.25) is 0 Å². The van der Waals surface area contributed by atoms with Gasteiger partial charge in [-0.1, -0.05) is 36.2 Å². The molecule has 1 saturated heterocycles. The molecule has 0 amide bonds. The summed E-state index contributed by atoms with van der Waals surface area (Å²) >= 11 is 16.4. The summed E-state index contributed by atoms with van der Waals surface area (Å²) in [6, 6.07) is 5.73. The van der Waals surface area contributed by atoms with Gasteiger partial charge in [-0.05, 0) is 24.1 Å². The Balaban J connectivity index is 2.08. The van der Waals surface area contributed by atoms with Gasteiger partial charge in [0.1, 0.15) is 0 Å². The second kappa shape index (κ2) is 6.76. The number of benzene rings is 1. The number of rotatable bonds is 3. The van der Waals surface area contributed by atoms with Crippen molar-refractivity contribution in [3.63, 3.8) is 0 Å². The van der Waals surface area contributed by atoms with Crippen LogP contribution in [0.1, 0.15) is 12.5 Å². The van der Waals surface area contributed by atoms with Crippen molar-refractivity contribution in [1.29, 1.82) is 0 Å². The van der Waals surface area contributed by atoms with E-state index in [-0.39, 0.29) is 6.04 Å². The van der Waals surface area contributed by atoms with E-state index in [1.54, 1.807) is 0 Å². The molecule has 0 spiro atoms. The maximum Gasteiger partial charge on any atom is 0.0453 e. The van der Waals surface area contributed by atoms with Crippen molar-refractivity contribution in [2.24, 2.45) is 5.73 Å². The van der Waals surface area contributed by atoms with E-state index in [4.69, 9.17) is 28.9 Å². The fraction of sp³-hybridized carbons (Fsp3) is 0.538. The number of nitrogens with two attached hydrogens (primary N) is 1. The zero-order valence-electron chi connectivity index (χ0n) is 10.2. The van der Waals surface area contributed by atoms with Crippen molar-refractivity contribution in [2.45, 2.75) is 29.9 Å². The van der Waals surface area contributed by atoms with Gasteiger partial charge in [0.05, 0.1) is 0 Å². The number of hydrogen-bond acceptors (Lipinski definition) is 3. The molecule has 2 rings (SSSR count). The predicted molar refractivity (Wildman–Crippen MR) is 86.3 cm³/mol. The van der Waals surface area contributed by atoms with E-state index in [0.29, 0.717) is 10.5 Å². The summed E-state index contributed by atoms with van der Waals surface area (Å²) in [6.45, 7) is 2.26. The largest absolute Gasteiger partial charge is 0.326 e. The van der Waals surface area contributed by atoms with Crippen LogP contribution in [0.3, 0.4) is 0 Å². The average Bonchev–Trinajstić information content (AvgIpc) is 2.34. The van der Waals surface area contributed by atoms with Gasteiger partial charge >= 0.3 is 0 Å². The molecule has 0 aromatic heterocycles. The lowest BCUT2D eigenvalue weighted by Crippen LogP contribution is -2.42. The summed E-state index contributed by atoms with van der Waals surface area (Å²) in [5.41, 5.74) is 7.34. The van der Waals surface area contributed by atoms with Crippen LogP contribution in [-0.4, -0.2) is 28.0 Å². The van der Waals surface area contributed by atoms with Gasteiger partial charge in [0.2, 0.25) is 0 Å². The molecule has 18 heavy (non-hydrogen) atoms. The monoisotopic (exact) mass is 321 g/mol. The van der Waals surface area contributed by atoms with Crippen LogP contribution in [0.25, 0.3) is 0 Å². The molecule has 3 unspecified atom stereocenters. The molecule has 1 aromatic rings. The lowest BCUT2D eigenvalue weighted by Gasteiger charge is -2.32. The van der Waals surface area contributed by atoms with Crippen LogP contribution in [0, 0.1) is 0 Å². The smallest absolute Gasteiger partial charge is 0.0453 e. The number of halogens is 2. The third-order valence-corrected chi connectivity index (χ3v) is 7.14. The van der Waals surface area contributed by atoms with Crippen LogP contribution in [0.5, 0.6) is 0 Å². The predicted octanol–water partition coefficient (Wildman–Crippen LogP) is 4.10. The van der Waals surface area contributed by atoms with Crippen LogP contribution in [-0.2, 0) is 6.42 Å². The zero-order valence-corrected chi connectivity index (χ0v) is 13.4. The topological polar surface area (TPSA) is 26.0 Å². The first-order valence-corrected chi connectivity index (χ1v) is 8.86. The van der Waals surface area contributed by atoms with Crippen molar-refractivity contribution in [2.75, 3.05) is 11.5 Å². The molecule has 3 atom stereocenters. The van der Waals surface area contributed by atoms with Crippen molar-refractivity contribution >= 4 is 46.7 Å². The van der Waals surface area contributed by atoms with Gasteiger partial charge in [0, 0.05) is 38.1 Å². The summed E-state index contributed by atoms with van der Waals surface area (Å²) in [7, 11) is 0. The molecule has 5 heteroatoms. The van der Waals surface area contributed by atoms with E-state index < -0.39 is 0 Å². The minimum absolute atomic E-state index is 0.107. The fourth-order valence-corrected chi connectivity index (χ4v) is 5.64. The molecular weight excluding hydrogens is 305 g/mol. The highest BCUT2D eigenvalue weighted by Crippen LogP contribution is 2.34. The molecule has 2 N–H and O–H groups in total. The lowest BCUT2D eigenvalue weighted by molar-refractivity contribution is 0.622. The minimum atomic E-state index is 0.107. The normalized spacial score (nSPS) is 26.0. The number of hydrogen-bond donors (Lipinski definition) is 1.